The third-order valence-corrected chi connectivity index (χ3v) is 12.5. The summed E-state index contributed by atoms with van der Waals surface area (Å²) in [6, 6.07) is 7.18. The molecule has 362 valence electrons. The molecule has 69 heavy (non-hydrogen) atoms. The van der Waals surface area contributed by atoms with Crippen molar-refractivity contribution in [2.24, 2.45) is 14.1 Å². The minimum atomic E-state index is -3.05. The molecule has 0 bridgehead atoms. The number of alkyl halides is 4. The molecule has 0 saturated heterocycles. The number of ketones is 2. The first-order valence-corrected chi connectivity index (χ1v) is 21.2. The third-order valence-electron chi connectivity index (χ3n) is 11.4. The number of carbonyl (C=O) groups is 6. The van der Waals surface area contributed by atoms with Gasteiger partial charge in [-0.15, -0.1) is 0 Å². The van der Waals surface area contributed by atoms with Crippen molar-refractivity contribution in [2.75, 3.05) is 10.6 Å². The van der Waals surface area contributed by atoms with Crippen molar-refractivity contribution in [3.8, 4) is 0 Å². The second-order valence-corrected chi connectivity index (χ2v) is 17.5. The molecule has 8 rings (SSSR count). The van der Waals surface area contributed by atoms with Gasteiger partial charge in [0.2, 0.25) is 0 Å². The van der Waals surface area contributed by atoms with Gasteiger partial charge in [0, 0.05) is 62.9 Å². The Labute approximate surface area is 399 Å². The lowest BCUT2D eigenvalue weighted by molar-refractivity contribution is -0.149. The molecule has 6 aromatic rings. The van der Waals surface area contributed by atoms with Crippen molar-refractivity contribution in [1.29, 1.82) is 0 Å². The van der Waals surface area contributed by atoms with Gasteiger partial charge in [-0.25, -0.2) is 26.3 Å². The summed E-state index contributed by atoms with van der Waals surface area (Å²) in [6.07, 6.45) is 0.701. The zero-order chi connectivity index (χ0) is 50.5. The highest BCUT2D eigenvalue weighted by molar-refractivity contribution is 6.47. The highest BCUT2D eigenvalue weighted by Crippen LogP contribution is 2.52. The molecule has 2 aliphatic rings. The van der Waals surface area contributed by atoms with Crippen molar-refractivity contribution >= 4 is 81.4 Å². The molecule has 2 aromatic carbocycles. The number of hydrogen-bond donors (Lipinski definition) is 6. The van der Waals surface area contributed by atoms with Gasteiger partial charge in [-0.1, -0.05) is 34.8 Å². The molecule has 4 heterocycles. The fourth-order valence-corrected chi connectivity index (χ4v) is 8.86. The van der Waals surface area contributed by atoms with E-state index in [9.17, 15) is 55.1 Å². The van der Waals surface area contributed by atoms with E-state index in [0.717, 1.165) is 12.1 Å². The second-order valence-electron chi connectivity index (χ2n) is 16.4. The Morgan fingerprint density at radius 1 is 0.652 bits per heavy atom. The van der Waals surface area contributed by atoms with Gasteiger partial charge in [0.1, 0.15) is 39.6 Å². The van der Waals surface area contributed by atoms with E-state index in [0.29, 0.717) is 0 Å². The minimum Gasteiger partial charge on any atom is -0.346 e. The average Bonchev–Trinajstić information content (AvgIpc) is 4.08. The average molecular weight is 1020 g/mol. The number of benzene rings is 2. The molecule has 27 heteroatoms. The Kier molecular flexibility index (Phi) is 13.3. The molecule has 2 fully saturated rings. The summed E-state index contributed by atoms with van der Waals surface area (Å²) >= 11 is 17.7. The van der Waals surface area contributed by atoms with E-state index in [-0.39, 0.29) is 71.6 Å². The second kappa shape index (κ2) is 18.5. The number of nitrogens with one attached hydrogen (secondary N) is 6. The van der Waals surface area contributed by atoms with Gasteiger partial charge in [0.15, 0.2) is 0 Å². The Morgan fingerprint density at radius 3 is 1.49 bits per heavy atom. The van der Waals surface area contributed by atoms with E-state index >= 15 is 0 Å². The maximum Gasteiger partial charge on any atom is 0.293 e. The summed E-state index contributed by atoms with van der Waals surface area (Å²) in [6.45, 7) is 2.88. The molecule has 0 spiro atoms. The lowest BCUT2D eigenvalue weighted by atomic mass is 9.71. The number of halogens is 9. The van der Waals surface area contributed by atoms with Crippen molar-refractivity contribution < 1.29 is 55.1 Å². The number of rotatable bonds is 12. The Balaban J connectivity index is 0.000000204. The zero-order valence-corrected chi connectivity index (χ0v) is 38.3. The highest BCUT2D eigenvalue weighted by Gasteiger charge is 2.61. The Hall–Kier alpha value is -7.05. The molecule has 2 aliphatic carbocycles. The van der Waals surface area contributed by atoms with Crippen LogP contribution in [0.15, 0.2) is 55.0 Å². The van der Waals surface area contributed by atoms with Crippen LogP contribution in [0.5, 0.6) is 0 Å². The molecule has 0 atom stereocenters. The molecule has 18 nitrogen and oxygen atoms in total. The largest absolute Gasteiger partial charge is 0.346 e. The lowest BCUT2D eigenvalue weighted by Crippen LogP contribution is -2.61. The molecular weight excluding hydrogens is 989 g/mol. The number of anilines is 2. The van der Waals surface area contributed by atoms with Crippen molar-refractivity contribution in [2.45, 2.75) is 62.5 Å². The molecule has 4 amide bonds. The van der Waals surface area contributed by atoms with Gasteiger partial charge in [-0.3, -0.25) is 28.8 Å². The van der Waals surface area contributed by atoms with Gasteiger partial charge in [0.25, 0.3) is 47.0 Å². The third kappa shape index (κ3) is 9.81. The lowest BCUT2D eigenvalue weighted by Gasteiger charge is -2.46. The molecule has 4 aromatic heterocycles. The van der Waals surface area contributed by atoms with Crippen LogP contribution in [0.25, 0.3) is 0 Å². The van der Waals surface area contributed by atoms with Crippen molar-refractivity contribution in [3.05, 3.63) is 127 Å². The van der Waals surface area contributed by atoms with Crippen LogP contribution in [-0.4, -0.2) is 87.0 Å². The van der Waals surface area contributed by atoms with Crippen LogP contribution < -0.4 is 21.3 Å². The van der Waals surface area contributed by atoms with Crippen LogP contribution in [0.3, 0.4) is 0 Å². The zero-order valence-electron chi connectivity index (χ0n) is 36.1. The quantitative estimate of drug-likeness (QED) is 0.0421. The van der Waals surface area contributed by atoms with Crippen LogP contribution >= 0.6 is 34.8 Å². The molecule has 0 radical (unpaired) electrons. The predicted octanol–water partition coefficient (Wildman–Crippen LogP) is 6.89. The number of aromatic amines is 2. The molecule has 0 unspecified atom stereocenters. The summed E-state index contributed by atoms with van der Waals surface area (Å²) in [5, 5.41) is 28.5. The van der Waals surface area contributed by atoms with Gasteiger partial charge in [0.05, 0.1) is 39.1 Å². The van der Waals surface area contributed by atoms with Gasteiger partial charge in [-0.05, 0) is 61.4 Å². The van der Waals surface area contributed by atoms with Crippen molar-refractivity contribution in [3.63, 3.8) is 0 Å². The maximum atomic E-state index is 13.7. The number of aryl methyl sites for hydroxylation is 1. The van der Waals surface area contributed by atoms with E-state index in [4.69, 9.17) is 34.8 Å². The van der Waals surface area contributed by atoms with Crippen LogP contribution in [0.1, 0.15) is 89.9 Å². The minimum absolute atomic E-state index is 0.0482. The number of nitrogens with zero attached hydrogens (tertiary/aromatic N) is 6. The smallest absolute Gasteiger partial charge is 0.293 e. The SMILES string of the molecule is Cc1c(C(=O)C(=O)NC2(c3cn[nH]n3)CC(F)(F)C2)c(Cl)n(C)c1C(=O)Nc1ccc(F)c(Cl)c1.Cc1c(C(=O)C(=O)NC2(c3cn[nH]n3)CC(F)(F)C2)cn(C)c1C(=O)Nc1ccc(F)c(Cl)c1. The van der Waals surface area contributed by atoms with E-state index in [2.05, 4.69) is 52.1 Å². The summed E-state index contributed by atoms with van der Waals surface area (Å²) in [5.41, 5.74) is -2.62. The van der Waals surface area contributed by atoms with E-state index in [1.807, 2.05) is 0 Å². The number of aromatic nitrogens is 8. The number of H-pyrrole nitrogens is 2. The van der Waals surface area contributed by atoms with Crippen LogP contribution in [-0.2, 0) is 34.8 Å². The van der Waals surface area contributed by atoms with E-state index in [1.54, 1.807) is 0 Å². The van der Waals surface area contributed by atoms with Gasteiger partial charge < -0.3 is 30.4 Å². The summed E-state index contributed by atoms with van der Waals surface area (Å²) in [7, 11) is 2.90. The first-order chi connectivity index (χ1) is 32.3. The fourth-order valence-electron chi connectivity index (χ4n) is 8.19. The highest BCUT2D eigenvalue weighted by atomic mass is 35.5. The fraction of sp³-hybridized carbons (Fsp3) is 0.286. The topological polar surface area (TPSA) is 244 Å². The van der Waals surface area contributed by atoms with Gasteiger partial charge >= 0.3 is 0 Å². The van der Waals surface area contributed by atoms with Crippen LogP contribution in [0.4, 0.5) is 37.7 Å². The molecule has 6 N–H and O–H groups in total. The monoisotopic (exact) mass is 1020 g/mol. The first-order valence-electron chi connectivity index (χ1n) is 20.0. The van der Waals surface area contributed by atoms with Crippen LogP contribution in [0.2, 0.25) is 15.2 Å². The summed E-state index contributed by atoms with van der Waals surface area (Å²) < 4.78 is 84.0. The summed E-state index contributed by atoms with van der Waals surface area (Å²) in [4.78, 5) is 77.2. The number of hydrogen-bond acceptors (Lipinski definition) is 10. The number of amides is 4. The maximum absolute atomic E-state index is 13.7. The van der Waals surface area contributed by atoms with Gasteiger partial charge in [-0.2, -0.15) is 30.8 Å². The Bertz CT molecular complexity index is 3050. The normalized spacial score (nSPS) is 15.9. The number of Topliss-reactive ketones (excluding diaryl/α,β-unsaturated/α-hetero) is 2. The predicted molar refractivity (Wildman–Crippen MR) is 233 cm³/mol. The van der Waals surface area contributed by atoms with Crippen LogP contribution in [0, 0.1) is 25.5 Å². The summed E-state index contributed by atoms with van der Waals surface area (Å²) in [5.74, 6) is -13.2. The molecule has 0 aliphatic heterocycles. The standard InChI is InChI=1S/C21H17Cl2F3N6O3.C21H18ClF3N6O3/c1-9-14(16(33)19(35)29-20(7-21(25,26)8-20)13-6-27-31-30-13)17(23)32(2)15(9)18(34)28-10-3-4-12(24)11(22)5-10;1-10-12(7-31(2)16(10)18(33)27-11-3-4-14(23)13(22)5-11)17(32)19(34)28-20(8-21(24,25)9-20)15-6-26-30-29-15/h3-6H,7-8H2,1-2H3,(H,28,34)(H,29,35)(H,27,30,31);3-7H,8-9H2,1-2H3,(H,27,33)(H,28,34)(H,26,29,30). The number of carbonyl (C=O) groups excluding carboxylic acids is 6. The van der Waals surface area contributed by atoms with E-state index < -0.39 is 95.4 Å². The van der Waals surface area contributed by atoms with E-state index in [1.165, 1.54) is 79.9 Å². The molecular formula is C42H35Cl3F6N12O6. The Morgan fingerprint density at radius 2 is 1.09 bits per heavy atom. The first kappa shape index (κ1) is 49.8. The van der Waals surface area contributed by atoms with Crippen molar-refractivity contribution in [1.82, 2.24) is 50.6 Å². The molecule has 2 saturated carbocycles.